The van der Waals surface area contributed by atoms with E-state index in [2.05, 4.69) is 15.5 Å². The number of aromatic nitrogens is 4. The van der Waals surface area contributed by atoms with E-state index in [4.69, 9.17) is 27.9 Å². The summed E-state index contributed by atoms with van der Waals surface area (Å²) in [5.74, 6) is 0.520. The lowest BCUT2D eigenvalue weighted by molar-refractivity contribution is 0.414. The number of rotatable bonds is 2. The van der Waals surface area contributed by atoms with Gasteiger partial charge in [0.1, 0.15) is 12.1 Å². The maximum atomic E-state index is 5.99. The van der Waals surface area contributed by atoms with Crippen molar-refractivity contribution in [3.05, 3.63) is 28.5 Å². The van der Waals surface area contributed by atoms with Crippen LogP contribution in [-0.2, 0) is 0 Å². The molecule has 0 fully saturated rings. The maximum Gasteiger partial charge on any atom is 0.143 e. The van der Waals surface area contributed by atoms with Crippen molar-refractivity contribution < 1.29 is 4.74 Å². The van der Waals surface area contributed by atoms with Crippen molar-refractivity contribution in [1.29, 1.82) is 0 Å². The second-order valence-electron chi connectivity index (χ2n) is 2.69. The molecule has 1 aromatic carbocycles. The third kappa shape index (κ3) is 1.88. The van der Waals surface area contributed by atoms with Gasteiger partial charge in [0.25, 0.3) is 0 Å². The summed E-state index contributed by atoms with van der Waals surface area (Å²) in [4.78, 5) is 0. The van der Waals surface area contributed by atoms with Crippen LogP contribution >= 0.6 is 23.2 Å². The Morgan fingerprint density at radius 3 is 2.67 bits per heavy atom. The van der Waals surface area contributed by atoms with Gasteiger partial charge < -0.3 is 4.74 Å². The van der Waals surface area contributed by atoms with Crippen LogP contribution in [0.4, 0.5) is 0 Å². The summed E-state index contributed by atoms with van der Waals surface area (Å²) in [6.07, 6.45) is 1.44. The Kier molecular flexibility index (Phi) is 2.75. The molecule has 0 saturated carbocycles. The lowest BCUT2D eigenvalue weighted by Crippen LogP contribution is -1.97. The average molecular weight is 245 g/mol. The van der Waals surface area contributed by atoms with Gasteiger partial charge in [0.2, 0.25) is 0 Å². The van der Waals surface area contributed by atoms with Crippen LogP contribution in [0.5, 0.6) is 5.75 Å². The van der Waals surface area contributed by atoms with E-state index in [1.807, 2.05) is 0 Å². The molecule has 15 heavy (non-hydrogen) atoms. The van der Waals surface area contributed by atoms with Gasteiger partial charge >= 0.3 is 0 Å². The maximum absolute atomic E-state index is 5.99. The Morgan fingerprint density at radius 2 is 2.07 bits per heavy atom. The highest BCUT2D eigenvalue weighted by atomic mass is 35.5. The van der Waals surface area contributed by atoms with Gasteiger partial charge in [-0.25, -0.2) is 0 Å². The molecule has 2 aromatic rings. The van der Waals surface area contributed by atoms with Crippen LogP contribution in [0.2, 0.25) is 10.0 Å². The molecule has 0 aliphatic heterocycles. The van der Waals surface area contributed by atoms with Crippen LogP contribution in [0.15, 0.2) is 18.5 Å². The first-order valence-corrected chi connectivity index (χ1v) is 4.74. The molecule has 5 nitrogen and oxygen atoms in total. The zero-order valence-corrected chi connectivity index (χ0v) is 9.20. The molecule has 0 N–H and O–H groups in total. The van der Waals surface area contributed by atoms with Gasteiger partial charge in [0.05, 0.1) is 22.8 Å². The number of benzene rings is 1. The Bertz CT molecular complexity index is 472. The van der Waals surface area contributed by atoms with Crippen molar-refractivity contribution in [3.8, 4) is 11.4 Å². The molecule has 1 heterocycles. The van der Waals surface area contributed by atoms with E-state index in [0.29, 0.717) is 21.5 Å². The van der Waals surface area contributed by atoms with Gasteiger partial charge in [-0.1, -0.05) is 23.2 Å². The number of tetrazole rings is 1. The van der Waals surface area contributed by atoms with E-state index >= 15 is 0 Å². The predicted molar refractivity (Wildman–Crippen MR) is 55.7 cm³/mol. The lowest BCUT2D eigenvalue weighted by atomic mass is 10.3. The molecule has 78 valence electrons. The molecule has 7 heteroatoms. The van der Waals surface area contributed by atoms with E-state index in [-0.39, 0.29) is 0 Å². The minimum Gasteiger partial charge on any atom is -0.495 e. The van der Waals surface area contributed by atoms with Crippen LogP contribution in [0.1, 0.15) is 0 Å². The smallest absolute Gasteiger partial charge is 0.143 e. The minimum atomic E-state index is 0.444. The number of methoxy groups -OCH3 is 1. The molecular formula is C8H6Cl2N4O. The summed E-state index contributed by atoms with van der Waals surface area (Å²) in [6, 6.07) is 3.25. The third-order valence-corrected chi connectivity index (χ3v) is 2.42. The van der Waals surface area contributed by atoms with Crippen molar-refractivity contribution >= 4 is 23.2 Å². The molecule has 0 spiro atoms. The summed E-state index contributed by atoms with van der Waals surface area (Å²) < 4.78 is 6.50. The standard InChI is InChI=1S/C8H6Cl2N4O/c1-15-8-3-7(5(9)2-6(8)10)14-4-11-12-13-14/h2-4H,1H3. The van der Waals surface area contributed by atoms with Crippen molar-refractivity contribution in [3.63, 3.8) is 0 Å². The van der Waals surface area contributed by atoms with Crippen LogP contribution in [0.25, 0.3) is 5.69 Å². The van der Waals surface area contributed by atoms with Crippen LogP contribution < -0.4 is 4.74 Å². The van der Waals surface area contributed by atoms with Gasteiger partial charge in [0, 0.05) is 6.07 Å². The summed E-state index contributed by atoms with van der Waals surface area (Å²) in [5, 5.41) is 11.7. The van der Waals surface area contributed by atoms with Crippen molar-refractivity contribution in [2.75, 3.05) is 7.11 Å². The SMILES string of the molecule is COc1cc(-n2cnnn2)c(Cl)cc1Cl. The Labute approximate surface area is 95.6 Å². The molecule has 0 aliphatic carbocycles. The molecule has 0 atom stereocenters. The highest BCUT2D eigenvalue weighted by molar-refractivity contribution is 6.36. The normalized spacial score (nSPS) is 10.3. The zero-order valence-electron chi connectivity index (χ0n) is 7.69. The Morgan fingerprint density at radius 1 is 1.27 bits per heavy atom. The van der Waals surface area contributed by atoms with Gasteiger partial charge in [0.15, 0.2) is 0 Å². The monoisotopic (exact) mass is 244 g/mol. The summed E-state index contributed by atoms with van der Waals surface area (Å²) in [5.41, 5.74) is 0.614. The van der Waals surface area contributed by atoms with E-state index in [0.717, 1.165) is 0 Å². The van der Waals surface area contributed by atoms with Gasteiger partial charge in [-0.3, -0.25) is 0 Å². The molecule has 0 radical (unpaired) electrons. The van der Waals surface area contributed by atoms with Gasteiger partial charge in [-0.2, -0.15) is 4.68 Å². The van der Waals surface area contributed by atoms with Crippen LogP contribution in [-0.4, -0.2) is 27.3 Å². The first-order chi connectivity index (χ1) is 7.22. The van der Waals surface area contributed by atoms with Crippen molar-refractivity contribution in [1.82, 2.24) is 20.2 Å². The second kappa shape index (κ2) is 4.04. The second-order valence-corrected chi connectivity index (χ2v) is 3.51. The highest BCUT2D eigenvalue weighted by Gasteiger charge is 2.10. The highest BCUT2D eigenvalue weighted by Crippen LogP contribution is 2.32. The first-order valence-electron chi connectivity index (χ1n) is 3.99. The molecule has 1 aromatic heterocycles. The van der Waals surface area contributed by atoms with Crippen molar-refractivity contribution in [2.45, 2.75) is 0 Å². The average Bonchev–Trinajstić information content (AvgIpc) is 2.71. The molecule has 0 unspecified atom stereocenters. The van der Waals surface area contributed by atoms with E-state index in [1.54, 1.807) is 12.1 Å². The molecule has 0 bridgehead atoms. The number of ether oxygens (including phenoxy) is 1. The quantitative estimate of drug-likeness (QED) is 0.811. The molecule has 0 saturated heterocycles. The zero-order chi connectivity index (χ0) is 10.8. The Hall–Kier alpha value is -1.33. The molecule has 0 aliphatic rings. The number of nitrogens with zero attached hydrogens (tertiary/aromatic N) is 4. The minimum absolute atomic E-state index is 0.444. The summed E-state index contributed by atoms with van der Waals surface area (Å²) >= 11 is 11.9. The first kappa shape index (κ1) is 10.2. The summed E-state index contributed by atoms with van der Waals surface area (Å²) in [7, 11) is 1.53. The fourth-order valence-electron chi connectivity index (χ4n) is 1.12. The van der Waals surface area contributed by atoms with Crippen molar-refractivity contribution in [2.24, 2.45) is 0 Å². The van der Waals surface area contributed by atoms with E-state index in [1.165, 1.54) is 18.1 Å². The molecular weight excluding hydrogens is 239 g/mol. The largest absolute Gasteiger partial charge is 0.495 e. The predicted octanol–water partition coefficient (Wildman–Crippen LogP) is 1.98. The topological polar surface area (TPSA) is 52.8 Å². The number of hydrogen-bond acceptors (Lipinski definition) is 4. The third-order valence-electron chi connectivity index (χ3n) is 1.82. The fourth-order valence-corrected chi connectivity index (χ4v) is 1.67. The van der Waals surface area contributed by atoms with E-state index in [9.17, 15) is 0 Å². The fraction of sp³-hybridized carbons (Fsp3) is 0.125. The van der Waals surface area contributed by atoms with Crippen LogP contribution in [0, 0.1) is 0 Å². The van der Waals surface area contributed by atoms with Crippen LogP contribution in [0.3, 0.4) is 0 Å². The van der Waals surface area contributed by atoms with Gasteiger partial charge in [-0.15, -0.1) is 5.10 Å². The molecule has 0 amide bonds. The lowest BCUT2D eigenvalue weighted by Gasteiger charge is -2.07. The van der Waals surface area contributed by atoms with E-state index < -0.39 is 0 Å². The number of halogens is 2. The van der Waals surface area contributed by atoms with Gasteiger partial charge in [-0.05, 0) is 16.5 Å². The molecule has 2 rings (SSSR count). The Balaban J connectivity index is 2.57. The summed E-state index contributed by atoms with van der Waals surface area (Å²) in [6.45, 7) is 0. The number of hydrogen-bond donors (Lipinski definition) is 0.